The van der Waals surface area contributed by atoms with Gasteiger partial charge in [-0.25, -0.2) is 0 Å². The number of aromatic hydroxyl groups is 1. The molecule has 7 heteroatoms. The van der Waals surface area contributed by atoms with Gasteiger partial charge in [0.15, 0.2) is 10.6 Å². The van der Waals surface area contributed by atoms with Gasteiger partial charge in [0, 0.05) is 39.5 Å². The fourth-order valence-corrected chi connectivity index (χ4v) is 2.20. The van der Waals surface area contributed by atoms with Crippen LogP contribution in [0.2, 0.25) is 0 Å². The zero-order chi connectivity index (χ0) is 15.4. The summed E-state index contributed by atoms with van der Waals surface area (Å²) in [6, 6.07) is 0. The molecule has 0 aliphatic carbocycles. The van der Waals surface area contributed by atoms with Crippen molar-refractivity contribution in [3.8, 4) is 5.88 Å². The topological polar surface area (TPSA) is 67.5 Å². The van der Waals surface area contributed by atoms with E-state index >= 15 is 0 Å². The Hall–Kier alpha value is -1.89. The van der Waals surface area contributed by atoms with Crippen LogP contribution in [0.15, 0.2) is 17.1 Å². The van der Waals surface area contributed by atoms with Crippen LogP contribution < -0.4 is 5.56 Å². The molecule has 0 aromatic carbocycles. The molecule has 0 aliphatic heterocycles. The van der Waals surface area contributed by atoms with Crippen molar-refractivity contribution in [1.29, 1.82) is 0 Å². The number of rotatable bonds is 5. The van der Waals surface area contributed by atoms with Gasteiger partial charge in [-0.3, -0.25) is 18.7 Å². The van der Waals surface area contributed by atoms with Crippen LogP contribution in [0.1, 0.15) is 24.2 Å². The van der Waals surface area contributed by atoms with Crippen molar-refractivity contribution in [3.05, 3.63) is 33.0 Å². The van der Waals surface area contributed by atoms with Crippen LogP contribution in [0.3, 0.4) is 0 Å². The minimum atomic E-state index is -0.562. The van der Waals surface area contributed by atoms with Crippen molar-refractivity contribution in [1.82, 2.24) is 14.0 Å². The first-order valence-corrected chi connectivity index (χ1v) is 6.71. The molecule has 0 amide bonds. The number of carbonyl (C=O) groups is 1. The molecule has 1 heterocycles. The largest absolute Gasteiger partial charge is 0.494 e. The Balaban J connectivity index is 3.59. The van der Waals surface area contributed by atoms with Crippen molar-refractivity contribution < 1.29 is 9.90 Å². The molecule has 0 bridgehead atoms. The molecule has 1 rings (SSSR count). The molecule has 0 saturated heterocycles. The van der Waals surface area contributed by atoms with Crippen LogP contribution in [0, 0.1) is 4.77 Å². The Morgan fingerprint density at radius 2 is 1.85 bits per heavy atom. The molecular formula is C13H19N3O3S. The quantitative estimate of drug-likeness (QED) is 0.505. The zero-order valence-electron chi connectivity index (χ0n) is 12.1. The Morgan fingerprint density at radius 3 is 2.30 bits per heavy atom. The van der Waals surface area contributed by atoms with Gasteiger partial charge in [0.25, 0.3) is 5.56 Å². The van der Waals surface area contributed by atoms with Crippen LogP contribution in [0.4, 0.5) is 0 Å². The van der Waals surface area contributed by atoms with Gasteiger partial charge < -0.3 is 10.0 Å². The highest BCUT2D eigenvalue weighted by Gasteiger charge is 2.20. The van der Waals surface area contributed by atoms with E-state index in [1.54, 1.807) is 32.8 Å². The van der Waals surface area contributed by atoms with Crippen molar-refractivity contribution >= 4 is 18.0 Å². The molecule has 0 atom stereocenters. The average Bonchev–Trinajstić information content (AvgIpc) is 2.37. The first-order chi connectivity index (χ1) is 9.34. The second-order valence-electron chi connectivity index (χ2n) is 4.42. The third kappa shape index (κ3) is 2.98. The molecule has 20 heavy (non-hydrogen) atoms. The molecule has 6 nitrogen and oxygen atoms in total. The van der Waals surface area contributed by atoms with Crippen LogP contribution >= 0.6 is 12.2 Å². The van der Waals surface area contributed by atoms with E-state index < -0.39 is 11.3 Å². The maximum Gasteiger partial charge on any atom is 0.269 e. The molecule has 0 fully saturated rings. The molecule has 110 valence electrons. The summed E-state index contributed by atoms with van der Waals surface area (Å²) in [7, 11) is 3.51. The van der Waals surface area contributed by atoms with Gasteiger partial charge in [-0.1, -0.05) is 0 Å². The molecule has 1 aromatic heterocycles. The van der Waals surface area contributed by atoms with Crippen LogP contribution in [0.25, 0.3) is 0 Å². The highest BCUT2D eigenvalue weighted by Crippen LogP contribution is 2.15. The van der Waals surface area contributed by atoms with Crippen LogP contribution in [-0.4, -0.2) is 39.0 Å². The number of nitrogens with zero attached hydrogens (tertiary/aromatic N) is 3. The van der Waals surface area contributed by atoms with Gasteiger partial charge >= 0.3 is 0 Å². The van der Waals surface area contributed by atoms with E-state index in [1.807, 2.05) is 0 Å². The highest BCUT2D eigenvalue weighted by atomic mass is 32.1. The maximum atomic E-state index is 12.3. The fraction of sp³-hybridized carbons (Fsp3) is 0.462. The van der Waals surface area contributed by atoms with E-state index in [4.69, 9.17) is 12.2 Å². The number of hydrogen-bond donors (Lipinski definition) is 1. The van der Waals surface area contributed by atoms with E-state index in [1.165, 1.54) is 21.4 Å². The summed E-state index contributed by atoms with van der Waals surface area (Å²) in [4.78, 5) is 26.0. The van der Waals surface area contributed by atoms with Gasteiger partial charge in [0.1, 0.15) is 5.56 Å². The molecule has 0 unspecified atom stereocenters. The minimum Gasteiger partial charge on any atom is -0.494 e. The molecule has 1 aromatic rings. The lowest BCUT2D eigenvalue weighted by molar-refractivity contribution is 0.103. The van der Waals surface area contributed by atoms with Gasteiger partial charge in [-0.2, -0.15) is 0 Å². The van der Waals surface area contributed by atoms with Crippen LogP contribution in [-0.2, 0) is 13.1 Å². The monoisotopic (exact) mass is 297 g/mol. The van der Waals surface area contributed by atoms with Crippen LogP contribution in [0.5, 0.6) is 5.88 Å². The van der Waals surface area contributed by atoms with Crippen molar-refractivity contribution in [3.63, 3.8) is 0 Å². The maximum absolute atomic E-state index is 12.3. The standard InChI is InChI=1S/C13H19N3O3S/c1-5-15-11(18)10(9(17)7-8-14(3)4)12(19)16(6-2)13(15)20/h7-8,18H,5-6H2,1-4H3/b8-7+. The normalized spacial score (nSPS) is 11.0. The summed E-state index contributed by atoms with van der Waals surface area (Å²) >= 11 is 5.15. The van der Waals surface area contributed by atoms with Gasteiger partial charge in [0.2, 0.25) is 5.88 Å². The Labute approximate surface area is 122 Å². The second-order valence-corrected chi connectivity index (χ2v) is 4.78. The third-order valence-electron chi connectivity index (χ3n) is 2.80. The second kappa shape index (κ2) is 6.51. The van der Waals surface area contributed by atoms with E-state index in [0.717, 1.165) is 0 Å². The first-order valence-electron chi connectivity index (χ1n) is 6.30. The number of ketones is 1. The Kier molecular flexibility index (Phi) is 5.26. The number of allylic oxidation sites excluding steroid dienone is 1. The molecule has 0 spiro atoms. The molecule has 0 saturated carbocycles. The SMILES string of the molecule is CCn1c(O)c(C(=O)/C=C/N(C)C)c(=O)n(CC)c1=S. The van der Waals surface area contributed by atoms with E-state index in [-0.39, 0.29) is 16.2 Å². The summed E-state index contributed by atoms with van der Waals surface area (Å²) in [6.45, 7) is 4.26. The van der Waals surface area contributed by atoms with E-state index in [2.05, 4.69) is 0 Å². The summed E-state index contributed by atoms with van der Waals surface area (Å²) in [5.41, 5.74) is -0.812. The number of hydrogen-bond acceptors (Lipinski definition) is 5. The predicted octanol–water partition coefficient (Wildman–Crippen LogP) is 1.38. The summed E-state index contributed by atoms with van der Waals surface area (Å²) in [6.07, 6.45) is 2.77. The van der Waals surface area contributed by atoms with Gasteiger partial charge in [-0.05, 0) is 26.1 Å². The third-order valence-corrected chi connectivity index (χ3v) is 3.24. The molecule has 1 N–H and O–H groups in total. The summed E-state index contributed by atoms with van der Waals surface area (Å²) < 4.78 is 2.89. The zero-order valence-corrected chi connectivity index (χ0v) is 12.9. The Bertz CT molecular complexity index is 656. The lowest BCUT2D eigenvalue weighted by Crippen LogP contribution is -2.30. The first kappa shape index (κ1) is 16.2. The number of aromatic nitrogens is 2. The van der Waals surface area contributed by atoms with Gasteiger partial charge in [-0.15, -0.1) is 0 Å². The molecular weight excluding hydrogens is 278 g/mol. The predicted molar refractivity (Wildman–Crippen MR) is 79.7 cm³/mol. The van der Waals surface area contributed by atoms with Crippen molar-refractivity contribution in [2.75, 3.05) is 14.1 Å². The lowest BCUT2D eigenvalue weighted by Gasteiger charge is -2.14. The fourth-order valence-electron chi connectivity index (χ4n) is 1.77. The number of carbonyl (C=O) groups excluding carboxylic acids is 1. The summed E-state index contributed by atoms with van der Waals surface area (Å²) in [5.74, 6) is -0.916. The van der Waals surface area contributed by atoms with Crippen molar-refractivity contribution in [2.45, 2.75) is 26.9 Å². The van der Waals surface area contributed by atoms with E-state index in [0.29, 0.717) is 13.1 Å². The molecule has 0 aliphatic rings. The minimum absolute atomic E-state index is 0.214. The highest BCUT2D eigenvalue weighted by molar-refractivity contribution is 7.71. The lowest BCUT2D eigenvalue weighted by atomic mass is 10.2. The van der Waals surface area contributed by atoms with E-state index in [9.17, 15) is 14.7 Å². The molecule has 0 radical (unpaired) electrons. The smallest absolute Gasteiger partial charge is 0.269 e. The Morgan fingerprint density at radius 1 is 1.30 bits per heavy atom. The van der Waals surface area contributed by atoms with Gasteiger partial charge in [0.05, 0.1) is 0 Å². The summed E-state index contributed by atoms with van der Waals surface area (Å²) in [5, 5.41) is 10.1. The van der Waals surface area contributed by atoms with Crippen molar-refractivity contribution in [2.24, 2.45) is 0 Å². The average molecular weight is 297 g/mol.